The number of pyridine rings is 1. The molecule has 1 aliphatic carbocycles. The highest BCUT2D eigenvalue weighted by atomic mass is 16.1. The summed E-state index contributed by atoms with van der Waals surface area (Å²) in [5, 5.41) is 7.61. The quantitative estimate of drug-likeness (QED) is 0.907. The summed E-state index contributed by atoms with van der Waals surface area (Å²) in [6.45, 7) is 0.666. The lowest BCUT2D eigenvalue weighted by atomic mass is 9.64. The molecule has 0 saturated heterocycles. The third-order valence-electron chi connectivity index (χ3n) is 4.45. The van der Waals surface area contributed by atoms with Crippen molar-refractivity contribution < 1.29 is 4.79 Å². The van der Waals surface area contributed by atoms with Crippen molar-refractivity contribution in [3.63, 3.8) is 0 Å². The molecule has 1 amide bonds. The number of hydrogen-bond acceptors (Lipinski definition) is 3. The predicted octanol–water partition coefficient (Wildman–Crippen LogP) is 2.09. The van der Waals surface area contributed by atoms with Gasteiger partial charge in [0, 0.05) is 18.7 Å². The number of anilines is 1. The smallest absolute Gasteiger partial charge is 0.227 e. The first-order valence-electron chi connectivity index (χ1n) is 7.08. The fraction of sp³-hybridized carbons (Fsp3) is 0.400. The number of carbonyl (C=O) groups is 1. The van der Waals surface area contributed by atoms with Gasteiger partial charge in [0.2, 0.25) is 5.91 Å². The van der Waals surface area contributed by atoms with Crippen molar-refractivity contribution in [1.29, 1.82) is 0 Å². The minimum atomic E-state index is -0.0592. The lowest BCUT2D eigenvalue weighted by Crippen LogP contribution is -2.36. The van der Waals surface area contributed by atoms with E-state index in [9.17, 15) is 4.79 Å². The Morgan fingerprint density at radius 2 is 2.15 bits per heavy atom. The van der Waals surface area contributed by atoms with E-state index in [0.29, 0.717) is 13.0 Å². The summed E-state index contributed by atoms with van der Waals surface area (Å²) in [5.74, 6) is 0.892. The topological polar surface area (TPSA) is 59.8 Å². The minimum absolute atomic E-state index is 0.0592. The second-order valence-corrected chi connectivity index (χ2v) is 5.59. The Labute approximate surface area is 117 Å². The molecule has 5 nitrogen and oxygen atoms in total. The Balaban J connectivity index is 1.78. The first-order valence-corrected chi connectivity index (χ1v) is 7.08. The summed E-state index contributed by atoms with van der Waals surface area (Å²) in [7, 11) is 0. The van der Waals surface area contributed by atoms with Gasteiger partial charge < -0.3 is 5.32 Å². The van der Waals surface area contributed by atoms with Gasteiger partial charge in [-0.15, -0.1) is 0 Å². The number of hydrogen-bond donors (Lipinski definition) is 1. The van der Waals surface area contributed by atoms with Crippen molar-refractivity contribution in [3.8, 4) is 0 Å². The number of nitrogens with zero attached hydrogens (tertiary/aromatic N) is 3. The fourth-order valence-corrected chi connectivity index (χ4v) is 3.15. The molecule has 0 bridgehead atoms. The van der Waals surface area contributed by atoms with E-state index in [2.05, 4.69) is 16.4 Å². The number of amides is 1. The van der Waals surface area contributed by atoms with Gasteiger partial charge in [0.05, 0.1) is 23.3 Å². The van der Waals surface area contributed by atoms with Gasteiger partial charge in [0.1, 0.15) is 5.82 Å². The number of nitrogens with one attached hydrogen (secondary N) is 1. The largest absolute Gasteiger partial charge is 0.311 e. The molecular weight excluding hydrogens is 252 g/mol. The second kappa shape index (κ2) is 4.16. The van der Waals surface area contributed by atoms with E-state index >= 15 is 0 Å². The maximum Gasteiger partial charge on any atom is 0.227 e. The third-order valence-corrected chi connectivity index (χ3v) is 4.45. The number of aromatic nitrogens is 3. The van der Waals surface area contributed by atoms with Crippen molar-refractivity contribution in [3.05, 3.63) is 41.9 Å². The molecule has 0 aromatic carbocycles. The van der Waals surface area contributed by atoms with Crippen LogP contribution in [0.4, 0.5) is 5.82 Å². The molecule has 0 atom stereocenters. The number of fused-ring (bicyclic) bond motifs is 1. The molecule has 4 rings (SSSR count). The Kier molecular flexibility index (Phi) is 2.42. The maximum atomic E-state index is 11.5. The van der Waals surface area contributed by atoms with Crippen molar-refractivity contribution in [2.24, 2.45) is 0 Å². The first-order chi connectivity index (χ1) is 9.78. The van der Waals surface area contributed by atoms with Crippen molar-refractivity contribution in [2.75, 3.05) is 5.32 Å². The van der Waals surface area contributed by atoms with Gasteiger partial charge in [-0.1, -0.05) is 12.5 Å². The number of aryl methyl sites for hydroxylation is 1. The Hall–Kier alpha value is -2.17. The Morgan fingerprint density at radius 3 is 2.85 bits per heavy atom. The van der Waals surface area contributed by atoms with Crippen LogP contribution < -0.4 is 5.32 Å². The van der Waals surface area contributed by atoms with E-state index in [0.717, 1.165) is 30.0 Å². The average Bonchev–Trinajstić information content (AvgIpc) is 2.81. The van der Waals surface area contributed by atoms with E-state index in [-0.39, 0.29) is 11.3 Å². The lowest BCUT2D eigenvalue weighted by Gasteiger charge is -2.39. The molecule has 2 aromatic heterocycles. The SMILES string of the molecule is O=C1CCn2nc(C3(c4ccccn4)CCC3)cc2N1. The van der Waals surface area contributed by atoms with Crippen molar-refractivity contribution in [2.45, 2.75) is 37.6 Å². The molecule has 2 aliphatic rings. The van der Waals surface area contributed by atoms with E-state index in [1.165, 1.54) is 6.42 Å². The molecule has 102 valence electrons. The maximum absolute atomic E-state index is 11.5. The molecule has 1 N–H and O–H groups in total. The van der Waals surface area contributed by atoms with Crippen LogP contribution in [-0.4, -0.2) is 20.7 Å². The average molecular weight is 268 g/mol. The molecule has 3 heterocycles. The third kappa shape index (κ3) is 1.59. The van der Waals surface area contributed by atoms with Gasteiger partial charge in [-0.05, 0) is 25.0 Å². The van der Waals surface area contributed by atoms with Crippen LogP contribution in [0, 0.1) is 0 Å². The van der Waals surface area contributed by atoms with E-state index in [1.54, 1.807) is 0 Å². The van der Waals surface area contributed by atoms with Crippen LogP contribution >= 0.6 is 0 Å². The van der Waals surface area contributed by atoms with Crippen LogP contribution in [0.5, 0.6) is 0 Å². The van der Waals surface area contributed by atoms with Crippen LogP contribution in [0.1, 0.15) is 37.1 Å². The summed E-state index contributed by atoms with van der Waals surface area (Å²) in [6.07, 6.45) is 5.70. The monoisotopic (exact) mass is 268 g/mol. The van der Waals surface area contributed by atoms with E-state index < -0.39 is 0 Å². The minimum Gasteiger partial charge on any atom is -0.311 e. The van der Waals surface area contributed by atoms with E-state index in [1.807, 2.05) is 29.1 Å². The van der Waals surface area contributed by atoms with E-state index in [4.69, 9.17) is 5.10 Å². The number of carbonyl (C=O) groups excluding carboxylic acids is 1. The van der Waals surface area contributed by atoms with Crippen LogP contribution in [0.2, 0.25) is 0 Å². The zero-order valence-corrected chi connectivity index (χ0v) is 11.2. The van der Waals surface area contributed by atoms with Crippen LogP contribution in [-0.2, 0) is 16.8 Å². The Bertz CT molecular complexity index is 658. The first kappa shape index (κ1) is 11.6. The standard InChI is InChI=1S/C15H16N4O/c20-14-5-9-19-13(17-14)10-12(18-19)15(6-3-7-15)11-4-1-2-8-16-11/h1-2,4,8,10H,3,5-7,9H2,(H,17,20). The molecule has 0 radical (unpaired) electrons. The molecule has 1 saturated carbocycles. The molecule has 1 fully saturated rings. The summed E-state index contributed by atoms with van der Waals surface area (Å²) >= 11 is 0. The summed E-state index contributed by atoms with van der Waals surface area (Å²) in [6, 6.07) is 8.06. The van der Waals surface area contributed by atoms with Crippen LogP contribution in [0.25, 0.3) is 0 Å². The van der Waals surface area contributed by atoms with Gasteiger partial charge in [0.15, 0.2) is 0 Å². The normalized spacial score (nSPS) is 19.9. The fourth-order valence-electron chi connectivity index (χ4n) is 3.15. The lowest BCUT2D eigenvalue weighted by molar-refractivity contribution is -0.116. The zero-order chi connectivity index (χ0) is 13.6. The Morgan fingerprint density at radius 1 is 1.25 bits per heavy atom. The van der Waals surface area contributed by atoms with Crippen molar-refractivity contribution in [1.82, 2.24) is 14.8 Å². The number of rotatable bonds is 2. The summed E-state index contributed by atoms with van der Waals surface area (Å²) < 4.78 is 1.90. The molecule has 0 spiro atoms. The summed E-state index contributed by atoms with van der Waals surface area (Å²) in [4.78, 5) is 16.0. The van der Waals surface area contributed by atoms with Crippen LogP contribution in [0.3, 0.4) is 0 Å². The highest BCUT2D eigenvalue weighted by Gasteiger charge is 2.44. The zero-order valence-electron chi connectivity index (χ0n) is 11.2. The molecule has 20 heavy (non-hydrogen) atoms. The predicted molar refractivity (Wildman–Crippen MR) is 74.3 cm³/mol. The highest BCUT2D eigenvalue weighted by Crippen LogP contribution is 2.48. The molecule has 0 unspecified atom stereocenters. The summed E-state index contributed by atoms with van der Waals surface area (Å²) in [5.41, 5.74) is 2.07. The molecular formula is C15H16N4O. The van der Waals surface area contributed by atoms with Gasteiger partial charge in [0.25, 0.3) is 0 Å². The van der Waals surface area contributed by atoms with Gasteiger partial charge >= 0.3 is 0 Å². The molecule has 1 aliphatic heterocycles. The molecule has 2 aromatic rings. The van der Waals surface area contributed by atoms with Gasteiger partial charge in [-0.3, -0.25) is 9.78 Å². The van der Waals surface area contributed by atoms with Gasteiger partial charge in [-0.2, -0.15) is 5.10 Å². The van der Waals surface area contributed by atoms with Gasteiger partial charge in [-0.25, -0.2) is 4.68 Å². The van der Waals surface area contributed by atoms with Crippen molar-refractivity contribution >= 4 is 11.7 Å². The molecule has 5 heteroatoms. The second-order valence-electron chi connectivity index (χ2n) is 5.59. The highest BCUT2D eigenvalue weighted by molar-refractivity contribution is 5.91. The van der Waals surface area contributed by atoms with Crippen LogP contribution in [0.15, 0.2) is 30.5 Å².